The Kier molecular flexibility index (Phi) is 6.78. The minimum absolute atomic E-state index is 0.0875. The van der Waals surface area contributed by atoms with Gasteiger partial charge in [-0.2, -0.15) is 0 Å². The van der Waals surface area contributed by atoms with Crippen molar-refractivity contribution in [2.45, 2.75) is 38.8 Å². The molecule has 2 fully saturated rings. The minimum atomic E-state index is 0.0875. The molecule has 138 valence electrons. The van der Waals surface area contributed by atoms with E-state index in [0.717, 1.165) is 57.9 Å². The molecule has 0 saturated carbocycles. The second-order valence-electron chi connectivity index (χ2n) is 6.93. The van der Waals surface area contributed by atoms with Crippen LogP contribution in [-0.2, 0) is 20.8 Å². The van der Waals surface area contributed by atoms with Crippen LogP contribution in [-0.4, -0.2) is 72.8 Å². The average molecular weight is 347 g/mol. The van der Waals surface area contributed by atoms with Crippen LogP contribution in [0, 0.1) is 6.92 Å². The molecule has 0 N–H and O–H groups in total. The summed E-state index contributed by atoms with van der Waals surface area (Å²) in [4.78, 5) is 21.0. The van der Waals surface area contributed by atoms with Gasteiger partial charge in [-0.1, -0.05) is 6.07 Å². The molecule has 0 spiro atoms. The van der Waals surface area contributed by atoms with Crippen molar-refractivity contribution < 1.29 is 14.3 Å². The summed E-state index contributed by atoms with van der Waals surface area (Å²) in [6, 6.07) is 4.06. The van der Waals surface area contributed by atoms with Crippen LogP contribution in [0.1, 0.15) is 30.5 Å². The van der Waals surface area contributed by atoms with E-state index in [2.05, 4.69) is 22.9 Å². The Morgan fingerprint density at radius 2 is 2.16 bits per heavy atom. The summed E-state index contributed by atoms with van der Waals surface area (Å²) < 4.78 is 11.2. The highest BCUT2D eigenvalue weighted by Gasteiger charge is 2.22. The number of ether oxygens (including phenoxy) is 2. The minimum Gasteiger partial charge on any atom is -0.376 e. The van der Waals surface area contributed by atoms with Gasteiger partial charge in [0.25, 0.3) is 0 Å². The first-order chi connectivity index (χ1) is 12.2. The van der Waals surface area contributed by atoms with Gasteiger partial charge in [0, 0.05) is 45.5 Å². The van der Waals surface area contributed by atoms with Gasteiger partial charge in [-0.15, -0.1) is 0 Å². The van der Waals surface area contributed by atoms with Gasteiger partial charge in [-0.25, -0.2) is 0 Å². The van der Waals surface area contributed by atoms with Gasteiger partial charge in [0.1, 0.15) is 6.61 Å². The van der Waals surface area contributed by atoms with Gasteiger partial charge >= 0.3 is 0 Å². The number of carbonyl (C=O) groups excluding carboxylic acids is 1. The normalized spacial score (nSPS) is 22.1. The van der Waals surface area contributed by atoms with E-state index < -0.39 is 0 Å². The van der Waals surface area contributed by atoms with Crippen molar-refractivity contribution >= 4 is 5.91 Å². The Morgan fingerprint density at radius 1 is 1.32 bits per heavy atom. The summed E-state index contributed by atoms with van der Waals surface area (Å²) in [5.41, 5.74) is 2.34. The summed E-state index contributed by atoms with van der Waals surface area (Å²) in [5.74, 6) is 0.0875. The molecule has 3 heterocycles. The van der Waals surface area contributed by atoms with Crippen molar-refractivity contribution in [3.8, 4) is 0 Å². The third-order valence-corrected chi connectivity index (χ3v) is 5.02. The predicted octanol–water partition coefficient (Wildman–Crippen LogP) is 1.62. The van der Waals surface area contributed by atoms with E-state index in [1.165, 1.54) is 12.0 Å². The molecule has 0 aromatic carbocycles. The number of rotatable bonds is 6. The van der Waals surface area contributed by atoms with Crippen LogP contribution in [0.4, 0.5) is 0 Å². The molecule has 25 heavy (non-hydrogen) atoms. The Hall–Kier alpha value is -1.50. The number of pyridine rings is 1. The predicted molar refractivity (Wildman–Crippen MR) is 95.2 cm³/mol. The summed E-state index contributed by atoms with van der Waals surface area (Å²) in [7, 11) is 0. The van der Waals surface area contributed by atoms with Gasteiger partial charge in [0.05, 0.1) is 18.4 Å². The van der Waals surface area contributed by atoms with Gasteiger partial charge in [-0.3, -0.25) is 14.7 Å². The van der Waals surface area contributed by atoms with Crippen molar-refractivity contribution in [1.29, 1.82) is 0 Å². The lowest BCUT2D eigenvalue weighted by molar-refractivity contribution is -0.140. The third kappa shape index (κ3) is 5.49. The molecule has 2 aliphatic heterocycles. The molecular formula is C19H29N3O3. The fraction of sp³-hybridized carbons (Fsp3) is 0.684. The van der Waals surface area contributed by atoms with Crippen molar-refractivity contribution in [2.24, 2.45) is 0 Å². The lowest BCUT2D eigenvalue weighted by Gasteiger charge is -2.34. The van der Waals surface area contributed by atoms with Gasteiger partial charge in [0.2, 0.25) is 5.91 Å². The molecule has 0 bridgehead atoms. The molecule has 6 heteroatoms. The Morgan fingerprint density at radius 3 is 2.88 bits per heavy atom. The zero-order chi connectivity index (χ0) is 17.5. The largest absolute Gasteiger partial charge is 0.376 e. The maximum atomic E-state index is 12.3. The fourth-order valence-corrected chi connectivity index (χ4v) is 3.36. The van der Waals surface area contributed by atoms with E-state index >= 15 is 0 Å². The molecule has 0 unspecified atom stereocenters. The number of piperazine rings is 1. The topological polar surface area (TPSA) is 54.9 Å². The highest BCUT2D eigenvalue weighted by Crippen LogP contribution is 2.13. The quantitative estimate of drug-likeness (QED) is 0.783. The molecule has 2 saturated heterocycles. The number of amides is 1. The number of aryl methyl sites for hydroxylation is 1. The zero-order valence-electron chi connectivity index (χ0n) is 15.2. The maximum absolute atomic E-state index is 12.3. The summed E-state index contributed by atoms with van der Waals surface area (Å²) in [6.45, 7) is 7.74. The van der Waals surface area contributed by atoms with E-state index in [1.807, 2.05) is 17.2 Å². The van der Waals surface area contributed by atoms with Crippen molar-refractivity contribution in [1.82, 2.24) is 14.8 Å². The molecule has 2 aliphatic rings. The van der Waals surface area contributed by atoms with E-state index in [4.69, 9.17) is 9.47 Å². The van der Waals surface area contributed by atoms with Crippen molar-refractivity contribution in [2.75, 3.05) is 46.0 Å². The van der Waals surface area contributed by atoms with Crippen molar-refractivity contribution in [3.63, 3.8) is 0 Å². The lowest BCUT2D eigenvalue weighted by atomic mass is 10.1. The van der Waals surface area contributed by atoms with Gasteiger partial charge in [-0.05, 0) is 37.8 Å². The number of hydrogen-bond donors (Lipinski definition) is 0. The van der Waals surface area contributed by atoms with Crippen molar-refractivity contribution in [3.05, 3.63) is 29.6 Å². The molecular weight excluding hydrogens is 318 g/mol. The Labute approximate surface area is 150 Å². The molecule has 1 atom stereocenters. The van der Waals surface area contributed by atoms with Crippen LogP contribution >= 0.6 is 0 Å². The lowest BCUT2D eigenvalue weighted by Crippen LogP contribution is -2.49. The van der Waals surface area contributed by atoms with Gasteiger partial charge < -0.3 is 14.4 Å². The fourth-order valence-electron chi connectivity index (χ4n) is 3.36. The Balaban J connectivity index is 1.35. The van der Waals surface area contributed by atoms with E-state index in [9.17, 15) is 4.79 Å². The highest BCUT2D eigenvalue weighted by molar-refractivity contribution is 5.77. The van der Waals surface area contributed by atoms with E-state index in [1.54, 1.807) is 0 Å². The molecule has 0 aliphatic carbocycles. The number of hydrogen-bond acceptors (Lipinski definition) is 5. The molecule has 1 amide bonds. The monoisotopic (exact) mass is 347 g/mol. The second kappa shape index (κ2) is 9.27. The van der Waals surface area contributed by atoms with Gasteiger partial charge in [0.15, 0.2) is 0 Å². The number of nitrogens with zero attached hydrogens (tertiary/aromatic N) is 3. The standard InChI is InChI=1S/C19H29N3O3/c1-16-5-4-7-20-18(16)13-21-8-10-22(11-9-21)19(23)15-24-14-17-6-2-3-12-25-17/h4-5,7,17H,2-3,6,8-15H2,1H3/t17-/m0/s1. The molecule has 1 aromatic heterocycles. The number of aromatic nitrogens is 1. The second-order valence-corrected chi connectivity index (χ2v) is 6.93. The van der Waals surface area contributed by atoms with Crippen LogP contribution in [0.25, 0.3) is 0 Å². The zero-order valence-corrected chi connectivity index (χ0v) is 15.2. The molecule has 0 radical (unpaired) electrons. The van der Waals surface area contributed by atoms with E-state index in [-0.39, 0.29) is 18.6 Å². The van der Waals surface area contributed by atoms with Crippen LogP contribution in [0.2, 0.25) is 0 Å². The first kappa shape index (κ1) is 18.3. The average Bonchev–Trinajstić information content (AvgIpc) is 2.65. The van der Waals surface area contributed by atoms with Crippen LogP contribution < -0.4 is 0 Å². The molecule has 3 rings (SSSR count). The summed E-state index contributed by atoms with van der Waals surface area (Å²) in [6.07, 6.45) is 5.38. The van der Waals surface area contributed by atoms with Crippen LogP contribution in [0.5, 0.6) is 0 Å². The van der Waals surface area contributed by atoms with Crippen LogP contribution in [0.15, 0.2) is 18.3 Å². The Bertz CT molecular complexity index is 553. The summed E-state index contributed by atoms with van der Waals surface area (Å²) in [5, 5.41) is 0. The first-order valence-electron chi connectivity index (χ1n) is 9.32. The number of carbonyl (C=O) groups is 1. The van der Waals surface area contributed by atoms with E-state index in [0.29, 0.717) is 6.61 Å². The molecule has 6 nitrogen and oxygen atoms in total. The maximum Gasteiger partial charge on any atom is 0.248 e. The summed E-state index contributed by atoms with van der Waals surface area (Å²) >= 11 is 0. The smallest absolute Gasteiger partial charge is 0.248 e. The third-order valence-electron chi connectivity index (χ3n) is 5.02. The van der Waals surface area contributed by atoms with Crippen LogP contribution in [0.3, 0.4) is 0 Å². The SMILES string of the molecule is Cc1cccnc1CN1CCN(C(=O)COC[C@@H]2CCCCO2)CC1. The molecule has 1 aromatic rings. The highest BCUT2D eigenvalue weighted by atomic mass is 16.5. The first-order valence-corrected chi connectivity index (χ1v) is 9.32.